The molecule has 0 radical (unpaired) electrons. The van der Waals surface area contributed by atoms with Crippen LogP contribution in [-0.4, -0.2) is 14.5 Å². The van der Waals surface area contributed by atoms with E-state index in [1.165, 1.54) is 0 Å². The van der Waals surface area contributed by atoms with Gasteiger partial charge in [-0.05, 0) is 12.8 Å². The number of hydrogen-bond donors (Lipinski definition) is 2. The predicted molar refractivity (Wildman–Crippen MR) is 49.8 cm³/mol. The molecule has 0 aromatic carbocycles. The lowest BCUT2D eigenvalue weighted by Crippen LogP contribution is -2.39. The standard InChI is InChI=1S/C7H18N2O2S/c1-3-5-7(6-4-2)9-12(8,10)11/h7,9H,3-6H2,1-2H3,(H2,8,10,11). The molecule has 0 spiro atoms. The van der Waals surface area contributed by atoms with Crippen LogP contribution in [0.1, 0.15) is 39.5 Å². The van der Waals surface area contributed by atoms with Gasteiger partial charge in [-0.25, -0.2) is 5.14 Å². The summed E-state index contributed by atoms with van der Waals surface area (Å²) in [6, 6.07) is 0.00926. The zero-order valence-electron chi connectivity index (χ0n) is 7.71. The van der Waals surface area contributed by atoms with E-state index in [-0.39, 0.29) is 6.04 Å². The van der Waals surface area contributed by atoms with Gasteiger partial charge in [0.1, 0.15) is 0 Å². The molecule has 0 aliphatic carbocycles. The van der Waals surface area contributed by atoms with Crippen LogP contribution in [-0.2, 0) is 10.2 Å². The molecule has 0 aliphatic heterocycles. The summed E-state index contributed by atoms with van der Waals surface area (Å²) in [7, 11) is -3.52. The molecule has 0 unspecified atom stereocenters. The van der Waals surface area contributed by atoms with Gasteiger partial charge in [0, 0.05) is 6.04 Å². The molecule has 0 atom stereocenters. The molecule has 0 saturated carbocycles. The Morgan fingerprint density at radius 2 is 1.67 bits per heavy atom. The second-order valence-corrected chi connectivity index (χ2v) is 4.26. The smallest absolute Gasteiger partial charge is 0.216 e. The Morgan fingerprint density at radius 3 is 1.92 bits per heavy atom. The summed E-state index contributed by atoms with van der Waals surface area (Å²) < 4.78 is 23.7. The molecular formula is C7H18N2O2S. The fraction of sp³-hybridized carbons (Fsp3) is 1.00. The van der Waals surface area contributed by atoms with Crippen LogP contribution in [0.4, 0.5) is 0 Å². The molecule has 5 heteroatoms. The molecule has 74 valence electrons. The molecule has 3 N–H and O–H groups in total. The van der Waals surface area contributed by atoms with Crippen LogP contribution in [0.15, 0.2) is 0 Å². The topological polar surface area (TPSA) is 72.2 Å². The van der Waals surface area contributed by atoms with Crippen LogP contribution in [0, 0.1) is 0 Å². The van der Waals surface area contributed by atoms with Gasteiger partial charge < -0.3 is 0 Å². The molecular weight excluding hydrogens is 176 g/mol. The maximum Gasteiger partial charge on any atom is 0.274 e. The van der Waals surface area contributed by atoms with Crippen LogP contribution in [0.2, 0.25) is 0 Å². The van der Waals surface area contributed by atoms with Gasteiger partial charge >= 0.3 is 0 Å². The van der Waals surface area contributed by atoms with Crippen LogP contribution >= 0.6 is 0 Å². The van der Waals surface area contributed by atoms with E-state index in [0.717, 1.165) is 25.7 Å². The van der Waals surface area contributed by atoms with Crippen molar-refractivity contribution in [2.24, 2.45) is 5.14 Å². The molecule has 0 aliphatic rings. The van der Waals surface area contributed by atoms with E-state index in [1.807, 2.05) is 13.8 Å². The molecule has 0 amide bonds. The lowest BCUT2D eigenvalue weighted by Gasteiger charge is -2.14. The minimum atomic E-state index is -3.52. The minimum absolute atomic E-state index is 0.00926. The zero-order chi connectivity index (χ0) is 9.61. The van der Waals surface area contributed by atoms with Gasteiger partial charge in [0.15, 0.2) is 0 Å². The Hall–Kier alpha value is -0.130. The van der Waals surface area contributed by atoms with Crippen molar-refractivity contribution in [3.8, 4) is 0 Å². The highest BCUT2D eigenvalue weighted by Crippen LogP contribution is 2.04. The van der Waals surface area contributed by atoms with E-state index in [4.69, 9.17) is 5.14 Å². The van der Waals surface area contributed by atoms with Gasteiger partial charge in [0.05, 0.1) is 0 Å². The van der Waals surface area contributed by atoms with Crippen molar-refractivity contribution in [1.29, 1.82) is 0 Å². The maximum atomic E-state index is 10.7. The first-order valence-electron chi connectivity index (χ1n) is 4.29. The Morgan fingerprint density at radius 1 is 1.25 bits per heavy atom. The van der Waals surface area contributed by atoms with Crippen molar-refractivity contribution >= 4 is 10.2 Å². The maximum absolute atomic E-state index is 10.7. The number of hydrogen-bond acceptors (Lipinski definition) is 2. The number of rotatable bonds is 6. The molecule has 0 heterocycles. The van der Waals surface area contributed by atoms with E-state index in [1.54, 1.807) is 0 Å². The van der Waals surface area contributed by atoms with Gasteiger partial charge in [-0.2, -0.15) is 13.1 Å². The van der Waals surface area contributed by atoms with Crippen LogP contribution < -0.4 is 9.86 Å². The molecule has 0 bridgehead atoms. The normalized spacial score (nSPS) is 12.3. The summed E-state index contributed by atoms with van der Waals surface area (Å²) in [4.78, 5) is 0. The second-order valence-electron chi connectivity index (χ2n) is 2.94. The molecule has 0 fully saturated rings. The number of nitrogens with two attached hydrogens (primary N) is 1. The first kappa shape index (κ1) is 11.9. The van der Waals surface area contributed by atoms with E-state index in [9.17, 15) is 8.42 Å². The minimum Gasteiger partial charge on any atom is -0.216 e. The molecule has 0 aromatic heterocycles. The fourth-order valence-corrected chi connectivity index (χ4v) is 1.89. The van der Waals surface area contributed by atoms with Gasteiger partial charge in [-0.15, -0.1) is 0 Å². The van der Waals surface area contributed by atoms with E-state index in [2.05, 4.69) is 4.72 Å². The van der Waals surface area contributed by atoms with E-state index in [0.29, 0.717) is 0 Å². The zero-order valence-corrected chi connectivity index (χ0v) is 8.52. The second kappa shape index (κ2) is 5.50. The van der Waals surface area contributed by atoms with Crippen LogP contribution in [0.5, 0.6) is 0 Å². The Kier molecular flexibility index (Phi) is 5.44. The van der Waals surface area contributed by atoms with E-state index < -0.39 is 10.2 Å². The largest absolute Gasteiger partial charge is 0.274 e. The highest BCUT2D eigenvalue weighted by atomic mass is 32.2. The molecule has 0 saturated heterocycles. The molecule has 12 heavy (non-hydrogen) atoms. The Labute approximate surface area is 74.7 Å². The predicted octanol–water partition coefficient (Wildman–Crippen LogP) is 0.748. The molecule has 0 aromatic rings. The van der Waals surface area contributed by atoms with Crippen molar-refractivity contribution in [2.45, 2.75) is 45.6 Å². The van der Waals surface area contributed by atoms with E-state index >= 15 is 0 Å². The summed E-state index contributed by atoms with van der Waals surface area (Å²) >= 11 is 0. The van der Waals surface area contributed by atoms with Gasteiger partial charge in [-0.3, -0.25) is 0 Å². The lowest BCUT2D eigenvalue weighted by atomic mass is 10.1. The average Bonchev–Trinajstić information content (AvgIpc) is 1.84. The Balaban J connectivity index is 3.95. The third kappa shape index (κ3) is 6.57. The first-order valence-corrected chi connectivity index (χ1v) is 5.84. The fourth-order valence-electron chi connectivity index (χ4n) is 1.19. The summed E-state index contributed by atoms with van der Waals surface area (Å²) in [5.74, 6) is 0. The van der Waals surface area contributed by atoms with Gasteiger partial charge in [0.2, 0.25) is 0 Å². The van der Waals surface area contributed by atoms with Crippen molar-refractivity contribution in [3.05, 3.63) is 0 Å². The highest BCUT2D eigenvalue weighted by Gasteiger charge is 2.11. The third-order valence-corrected chi connectivity index (χ3v) is 2.27. The Bertz CT molecular complexity index is 195. The van der Waals surface area contributed by atoms with Crippen molar-refractivity contribution in [3.63, 3.8) is 0 Å². The third-order valence-electron chi connectivity index (χ3n) is 1.61. The first-order chi connectivity index (χ1) is 5.49. The van der Waals surface area contributed by atoms with Crippen molar-refractivity contribution in [2.75, 3.05) is 0 Å². The summed E-state index contributed by atoms with van der Waals surface area (Å²) in [6.45, 7) is 4.04. The molecule has 4 nitrogen and oxygen atoms in total. The highest BCUT2D eigenvalue weighted by molar-refractivity contribution is 7.87. The lowest BCUT2D eigenvalue weighted by molar-refractivity contribution is 0.494. The average molecular weight is 194 g/mol. The summed E-state index contributed by atoms with van der Waals surface area (Å²) in [5, 5.41) is 4.86. The van der Waals surface area contributed by atoms with Gasteiger partial charge in [-0.1, -0.05) is 26.7 Å². The summed E-state index contributed by atoms with van der Waals surface area (Å²) in [6.07, 6.45) is 3.63. The SMILES string of the molecule is CCCC(CCC)NS(N)(=O)=O. The van der Waals surface area contributed by atoms with Crippen molar-refractivity contribution < 1.29 is 8.42 Å². The monoisotopic (exact) mass is 194 g/mol. The molecule has 0 rings (SSSR count). The van der Waals surface area contributed by atoms with Crippen LogP contribution in [0.25, 0.3) is 0 Å². The van der Waals surface area contributed by atoms with Gasteiger partial charge in [0.25, 0.3) is 10.2 Å². The number of nitrogens with one attached hydrogen (secondary N) is 1. The van der Waals surface area contributed by atoms with Crippen LogP contribution in [0.3, 0.4) is 0 Å². The van der Waals surface area contributed by atoms with Crippen molar-refractivity contribution in [1.82, 2.24) is 4.72 Å². The quantitative estimate of drug-likeness (QED) is 0.655. The summed E-state index contributed by atoms with van der Waals surface area (Å²) in [5.41, 5.74) is 0.